The van der Waals surface area contributed by atoms with E-state index in [0.29, 0.717) is 29.3 Å². The van der Waals surface area contributed by atoms with Crippen molar-refractivity contribution in [1.29, 1.82) is 0 Å². The number of benzene rings is 1. The van der Waals surface area contributed by atoms with E-state index < -0.39 is 11.5 Å². The van der Waals surface area contributed by atoms with Gasteiger partial charge in [0.2, 0.25) is 0 Å². The molecule has 2 rings (SSSR count). The highest BCUT2D eigenvalue weighted by Gasteiger charge is 2.43. The van der Waals surface area contributed by atoms with Crippen LogP contribution in [0.5, 0.6) is 0 Å². The molecule has 4 nitrogen and oxygen atoms in total. The van der Waals surface area contributed by atoms with Gasteiger partial charge in [0.05, 0.1) is 0 Å². The van der Waals surface area contributed by atoms with Gasteiger partial charge in [-0.05, 0) is 37.0 Å². The first-order valence-corrected chi connectivity index (χ1v) is 7.12. The fourth-order valence-corrected chi connectivity index (χ4v) is 3.02. The molecule has 0 bridgehead atoms. The number of hydrogen-bond donors (Lipinski definition) is 2. The molecule has 108 valence electrons. The van der Waals surface area contributed by atoms with E-state index in [-0.39, 0.29) is 5.91 Å². The molecule has 0 aliphatic heterocycles. The van der Waals surface area contributed by atoms with Crippen LogP contribution < -0.4 is 5.32 Å². The van der Waals surface area contributed by atoms with E-state index in [1.807, 2.05) is 6.92 Å². The maximum Gasteiger partial charge on any atom is 0.329 e. The summed E-state index contributed by atoms with van der Waals surface area (Å²) < 4.78 is 0. The second kappa shape index (κ2) is 5.83. The summed E-state index contributed by atoms with van der Waals surface area (Å²) in [5.74, 6) is -1.05. The van der Waals surface area contributed by atoms with Gasteiger partial charge in [0.15, 0.2) is 0 Å². The number of carbonyl (C=O) groups excluding carboxylic acids is 1. The van der Waals surface area contributed by atoms with E-state index in [4.69, 9.17) is 11.6 Å². The van der Waals surface area contributed by atoms with Gasteiger partial charge < -0.3 is 10.4 Å². The molecule has 1 aromatic rings. The third-order valence-electron chi connectivity index (χ3n) is 3.85. The molecule has 1 aliphatic carbocycles. The van der Waals surface area contributed by atoms with Crippen LogP contribution in [0, 0.1) is 5.92 Å². The topological polar surface area (TPSA) is 66.4 Å². The Morgan fingerprint density at radius 3 is 2.80 bits per heavy atom. The number of carbonyl (C=O) groups is 2. The Bertz CT molecular complexity index is 532. The Kier molecular flexibility index (Phi) is 4.33. The summed E-state index contributed by atoms with van der Waals surface area (Å²) in [7, 11) is 0. The summed E-state index contributed by atoms with van der Waals surface area (Å²) in [5.41, 5.74) is -0.770. The first kappa shape index (κ1) is 14.9. The first-order chi connectivity index (χ1) is 9.43. The van der Waals surface area contributed by atoms with Crippen molar-refractivity contribution in [3.05, 3.63) is 34.9 Å². The predicted octanol–water partition coefficient (Wildman–Crippen LogP) is 3.10. The Morgan fingerprint density at radius 1 is 1.45 bits per heavy atom. The van der Waals surface area contributed by atoms with E-state index in [9.17, 15) is 14.7 Å². The van der Waals surface area contributed by atoms with Crippen molar-refractivity contribution in [3.8, 4) is 0 Å². The van der Waals surface area contributed by atoms with Gasteiger partial charge >= 0.3 is 5.97 Å². The lowest BCUT2D eigenvalue weighted by Gasteiger charge is -2.37. The number of hydrogen-bond acceptors (Lipinski definition) is 2. The van der Waals surface area contributed by atoms with Crippen molar-refractivity contribution < 1.29 is 14.7 Å². The largest absolute Gasteiger partial charge is 0.480 e. The molecule has 0 saturated heterocycles. The molecule has 0 aromatic heterocycles. The highest BCUT2D eigenvalue weighted by atomic mass is 35.5. The van der Waals surface area contributed by atoms with Gasteiger partial charge in [0.1, 0.15) is 5.54 Å². The Labute approximate surface area is 123 Å². The van der Waals surface area contributed by atoms with Gasteiger partial charge in [-0.1, -0.05) is 37.4 Å². The second-order valence-corrected chi connectivity index (χ2v) is 5.99. The van der Waals surface area contributed by atoms with Gasteiger partial charge in [-0.15, -0.1) is 0 Å². The molecule has 0 spiro atoms. The van der Waals surface area contributed by atoms with Gasteiger partial charge in [0.25, 0.3) is 5.91 Å². The average Bonchev–Trinajstić information content (AvgIpc) is 2.38. The van der Waals surface area contributed by atoms with Gasteiger partial charge in [-0.2, -0.15) is 0 Å². The van der Waals surface area contributed by atoms with Crippen LogP contribution in [0.15, 0.2) is 24.3 Å². The summed E-state index contributed by atoms with van der Waals surface area (Å²) in [6.07, 6.45) is 2.75. The quantitative estimate of drug-likeness (QED) is 0.900. The molecule has 1 amide bonds. The van der Waals surface area contributed by atoms with Crippen LogP contribution in [0.2, 0.25) is 5.02 Å². The maximum atomic E-state index is 12.2. The molecule has 1 fully saturated rings. The average molecular weight is 296 g/mol. The van der Waals surface area contributed by atoms with Crippen LogP contribution in [-0.2, 0) is 4.79 Å². The van der Waals surface area contributed by atoms with E-state index in [0.717, 1.165) is 12.8 Å². The van der Waals surface area contributed by atoms with Crippen molar-refractivity contribution in [1.82, 2.24) is 5.32 Å². The summed E-state index contributed by atoms with van der Waals surface area (Å²) in [5, 5.41) is 12.7. The highest BCUT2D eigenvalue weighted by Crippen LogP contribution is 2.33. The fourth-order valence-electron chi connectivity index (χ4n) is 2.83. The maximum absolute atomic E-state index is 12.2. The molecule has 1 saturated carbocycles. The van der Waals surface area contributed by atoms with E-state index >= 15 is 0 Å². The Hall–Kier alpha value is -1.55. The zero-order chi connectivity index (χ0) is 14.8. The zero-order valence-corrected chi connectivity index (χ0v) is 12.1. The van der Waals surface area contributed by atoms with Crippen LogP contribution in [-0.4, -0.2) is 22.5 Å². The fraction of sp³-hybridized carbons (Fsp3) is 0.467. The summed E-state index contributed by atoms with van der Waals surface area (Å²) in [6.45, 7) is 2.02. The van der Waals surface area contributed by atoms with E-state index in [1.54, 1.807) is 24.3 Å². The number of rotatable bonds is 3. The lowest BCUT2D eigenvalue weighted by molar-refractivity contribution is -0.146. The second-order valence-electron chi connectivity index (χ2n) is 5.55. The van der Waals surface area contributed by atoms with Crippen LogP contribution >= 0.6 is 11.6 Å². The minimum absolute atomic E-state index is 0.291. The third kappa shape index (κ3) is 3.12. The molecular formula is C15H18ClNO3. The molecule has 1 aromatic carbocycles. The first-order valence-electron chi connectivity index (χ1n) is 6.74. The molecule has 0 heterocycles. The minimum Gasteiger partial charge on any atom is -0.480 e. The number of nitrogens with one attached hydrogen (secondary N) is 1. The van der Waals surface area contributed by atoms with E-state index in [2.05, 4.69) is 5.32 Å². The number of carboxylic acid groups (broad SMARTS) is 1. The Morgan fingerprint density at radius 2 is 2.20 bits per heavy atom. The van der Waals surface area contributed by atoms with Crippen LogP contribution in [0.3, 0.4) is 0 Å². The SMILES string of the molecule is CC1CCCC(NC(=O)c2cccc(Cl)c2)(C(=O)O)C1. The normalized spacial score (nSPS) is 26.0. The molecular weight excluding hydrogens is 278 g/mol. The van der Waals surface area contributed by atoms with Crippen molar-refractivity contribution in [2.75, 3.05) is 0 Å². The summed E-state index contributed by atoms with van der Waals surface area (Å²) in [6, 6.07) is 6.52. The molecule has 2 N–H and O–H groups in total. The molecule has 2 atom stereocenters. The summed E-state index contributed by atoms with van der Waals surface area (Å²) in [4.78, 5) is 23.9. The van der Waals surface area contributed by atoms with Crippen molar-refractivity contribution in [2.24, 2.45) is 5.92 Å². The molecule has 5 heteroatoms. The van der Waals surface area contributed by atoms with Gasteiger partial charge in [-0.25, -0.2) is 4.79 Å². The molecule has 2 unspecified atom stereocenters. The third-order valence-corrected chi connectivity index (χ3v) is 4.08. The van der Waals surface area contributed by atoms with Crippen LogP contribution in [0.1, 0.15) is 43.0 Å². The lowest BCUT2D eigenvalue weighted by atomic mass is 9.76. The van der Waals surface area contributed by atoms with Gasteiger partial charge in [0, 0.05) is 10.6 Å². The minimum atomic E-state index is -1.16. The lowest BCUT2D eigenvalue weighted by Crippen LogP contribution is -2.56. The number of halogens is 1. The number of carboxylic acids is 1. The predicted molar refractivity (Wildman–Crippen MR) is 76.9 cm³/mol. The van der Waals surface area contributed by atoms with Crippen LogP contribution in [0.4, 0.5) is 0 Å². The summed E-state index contributed by atoms with van der Waals surface area (Å²) >= 11 is 5.86. The van der Waals surface area contributed by atoms with Gasteiger partial charge in [-0.3, -0.25) is 4.79 Å². The van der Waals surface area contributed by atoms with Crippen molar-refractivity contribution in [2.45, 2.75) is 38.1 Å². The standard InChI is InChI=1S/C15H18ClNO3/c1-10-4-3-7-15(9-10,14(19)20)17-13(18)11-5-2-6-12(16)8-11/h2,5-6,8,10H,3-4,7,9H2,1H3,(H,17,18)(H,19,20). The van der Waals surface area contributed by atoms with E-state index in [1.165, 1.54) is 0 Å². The van der Waals surface area contributed by atoms with Crippen LogP contribution in [0.25, 0.3) is 0 Å². The highest BCUT2D eigenvalue weighted by molar-refractivity contribution is 6.31. The zero-order valence-electron chi connectivity index (χ0n) is 11.4. The monoisotopic (exact) mass is 295 g/mol. The molecule has 1 aliphatic rings. The Balaban J connectivity index is 2.20. The molecule has 0 radical (unpaired) electrons. The van der Waals surface area contributed by atoms with Crippen molar-refractivity contribution >= 4 is 23.5 Å². The molecule has 20 heavy (non-hydrogen) atoms. The smallest absolute Gasteiger partial charge is 0.329 e. The number of amides is 1. The van der Waals surface area contributed by atoms with Crippen molar-refractivity contribution in [3.63, 3.8) is 0 Å². The number of aliphatic carboxylic acids is 1.